The van der Waals surface area contributed by atoms with Gasteiger partial charge in [0.1, 0.15) is 0 Å². The molecular formula is C13H10BrN5O2. The van der Waals surface area contributed by atoms with Crippen molar-refractivity contribution in [1.29, 1.82) is 0 Å². The molecule has 0 amide bonds. The predicted molar refractivity (Wildman–Crippen MR) is 77.7 cm³/mol. The number of halogens is 1. The molecule has 2 heterocycles. The average Bonchev–Trinajstić information content (AvgIpc) is 2.95. The Kier molecular flexibility index (Phi) is 3.61. The Bertz CT molecular complexity index is 800. The van der Waals surface area contributed by atoms with Crippen LogP contribution in [0.3, 0.4) is 0 Å². The van der Waals surface area contributed by atoms with Gasteiger partial charge in [-0.2, -0.15) is 4.52 Å². The monoisotopic (exact) mass is 347 g/mol. The van der Waals surface area contributed by atoms with E-state index in [4.69, 9.17) is 4.74 Å². The maximum Gasteiger partial charge on any atom is 0.357 e. The molecule has 2 aromatic heterocycles. The van der Waals surface area contributed by atoms with Crippen molar-refractivity contribution in [2.24, 2.45) is 0 Å². The van der Waals surface area contributed by atoms with Gasteiger partial charge in [0.05, 0.1) is 12.3 Å². The molecule has 106 valence electrons. The molecule has 0 aliphatic carbocycles. The van der Waals surface area contributed by atoms with Gasteiger partial charge in [0.2, 0.25) is 0 Å². The van der Waals surface area contributed by atoms with Gasteiger partial charge in [0, 0.05) is 10.0 Å². The zero-order chi connectivity index (χ0) is 14.8. The summed E-state index contributed by atoms with van der Waals surface area (Å²) in [6.07, 6.45) is 0. The molecule has 7 nitrogen and oxygen atoms in total. The number of carbonyl (C=O) groups excluding carboxylic acids is 1. The fraction of sp³-hybridized carbons (Fsp3) is 0.154. The Morgan fingerprint density at radius 2 is 2.10 bits per heavy atom. The summed E-state index contributed by atoms with van der Waals surface area (Å²) in [5.74, 6) is -0.250. The van der Waals surface area contributed by atoms with E-state index in [-0.39, 0.29) is 18.1 Å². The summed E-state index contributed by atoms with van der Waals surface area (Å²) >= 11 is 3.38. The summed E-state index contributed by atoms with van der Waals surface area (Å²) < 4.78 is 7.41. The molecule has 0 N–H and O–H groups in total. The highest BCUT2D eigenvalue weighted by atomic mass is 79.9. The van der Waals surface area contributed by atoms with Crippen molar-refractivity contribution < 1.29 is 9.53 Å². The molecule has 3 aromatic rings. The number of esters is 1. The second-order valence-corrected chi connectivity index (χ2v) is 5.06. The molecule has 21 heavy (non-hydrogen) atoms. The maximum atomic E-state index is 11.9. The molecule has 0 spiro atoms. The van der Waals surface area contributed by atoms with Gasteiger partial charge < -0.3 is 4.74 Å². The van der Waals surface area contributed by atoms with E-state index in [0.717, 1.165) is 10.0 Å². The van der Waals surface area contributed by atoms with E-state index in [9.17, 15) is 4.79 Å². The lowest BCUT2D eigenvalue weighted by molar-refractivity contribution is 0.0519. The minimum Gasteiger partial charge on any atom is -0.461 e. The predicted octanol–water partition coefficient (Wildman–Crippen LogP) is 2.13. The average molecular weight is 348 g/mol. The van der Waals surface area contributed by atoms with Gasteiger partial charge in [-0.15, -0.1) is 0 Å². The van der Waals surface area contributed by atoms with Gasteiger partial charge in [0.15, 0.2) is 5.69 Å². The fourth-order valence-corrected chi connectivity index (χ4v) is 2.14. The van der Waals surface area contributed by atoms with E-state index >= 15 is 0 Å². The normalized spacial score (nSPS) is 10.8. The molecule has 0 radical (unpaired) electrons. The molecule has 0 aliphatic rings. The van der Waals surface area contributed by atoms with E-state index in [0.29, 0.717) is 5.69 Å². The first-order valence-corrected chi connectivity index (χ1v) is 7.00. The van der Waals surface area contributed by atoms with Crippen LogP contribution in [-0.2, 0) is 4.74 Å². The number of nitrogens with zero attached hydrogens (tertiary/aromatic N) is 5. The molecule has 0 saturated heterocycles. The van der Waals surface area contributed by atoms with Crippen molar-refractivity contribution in [1.82, 2.24) is 25.0 Å². The zero-order valence-corrected chi connectivity index (χ0v) is 12.6. The molecule has 0 aliphatic heterocycles. The third-order valence-electron chi connectivity index (χ3n) is 2.80. The topological polar surface area (TPSA) is 82.3 Å². The van der Waals surface area contributed by atoms with Crippen molar-refractivity contribution in [2.45, 2.75) is 6.92 Å². The lowest BCUT2D eigenvalue weighted by atomic mass is 10.1. The number of hydrogen-bond acceptors (Lipinski definition) is 6. The highest BCUT2D eigenvalue weighted by molar-refractivity contribution is 9.10. The second kappa shape index (κ2) is 5.57. The third kappa shape index (κ3) is 2.62. The Hall–Kier alpha value is -2.35. The summed E-state index contributed by atoms with van der Waals surface area (Å²) in [5.41, 5.74) is 1.71. The highest BCUT2D eigenvalue weighted by Gasteiger charge is 2.16. The molecule has 1 aromatic carbocycles. The van der Waals surface area contributed by atoms with Crippen LogP contribution in [0.1, 0.15) is 17.4 Å². The quantitative estimate of drug-likeness (QED) is 0.675. The third-order valence-corrected chi connectivity index (χ3v) is 3.33. The van der Waals surface area contributed by atoms with Crippen LogP contribution in [0.5, 0.6) is 0 Å². The van der Waals surface area contributed by atoms with E-state index in [2.05, 4.69) is 36.4 Å². The summed E-state index contributed by atoms with van der Waals surface area (Å²) in [5, 5.41) is 11.3. The number of fused-ring (bicyclic) bond motifs is 1. The van der Waals surface area contributed by atoms with Gasteiger partial charge in [-0.25, -0.2) is 9.78 Å². The van der Waals surface area contributed by atoms with Crippen molar-refractivity contribution in [3.05, 3.63) is 40.5 Å². The van der Waals surface area contributed by atoms with Crippen LogP contribution < -0.4 is 0 Å². The van der Waals surface area contributed by atoms with E-state index in [1.807, 2.05) is 24.3 Å². The van der Waals surface area contributed by atoms with Crippen LogP contribution in [-0.4, -0.2) is 37.6 Å². The summed E-state index contributed by atoms with van der Waals surface area (Å²) in [7, 11) is 0. The van der Waals surface area contributed by atoms with Crippen LogP contribution in [0.15, 0.2) is 34.8 Å². The van der Waals surface area contributed by atoms with E-state index in [1.54, 1.807) is 13.0 Å². The van der Waals surface area contributed by atoms with Crippen molar-refractivity contribution >= 4 is 27.7 Å². The summed E-state index contributed by atoms with van der Waals surface area (Å²) in [6.45, 7) is 2.02. The Balaban J connectivity index is 2.18. The molecule has 0 unspecified atom stereocenters. The molecule has 0 atom stereocenters. The smallest absolute Gasteiger partial charge is 0.357 e. The lowest BCUT2D eigenvalue weighted by Crippen LogP contribution is -2.10. The van der Waals surface area contributed by atoms with E-state index < -0.39 is 5.97 Å². The molecule has 3 rings (SSSR count). The van der Waals surface area contributed by atoms with Crippen molar-refractivity contribution in [3.63, 3.8) is 0 Å². The van der Waals surface area contributed by atoms with Crippen LogP contribution in [0, 0.1) is 0 Å². The van der Waals surface area contributed by atoms with Gasteiger partial charge >= 0.3 is 5.97 Å². The number of hydrogen-bond donors (Lipinski definition) is 0. The van der Waals surface area contributed by atoms with Crippen molar-refractivity contribution in [2.75, 3.05) is 6.61 Å². The number of ether oxygens (including phenoxy) is 1. The van der Waals surface area contributed by atoms with Gasteiger partial charge in [-0.1, -0.05) is 33.2 Å². The number of rotatable bonds is 3. The number of tetrazole rings is 1. The minimum absolute atomic E-state index is 0.178. The first-order valence-electron chi connectivity index (χ1n) is 6.21. The number of carbonyl (C=O) groups is 1. The molecule has 0 fully saturated rings. The SMILES string of the molecule is CCOC(=O)c1cc(-c2ccc(Br)cc2)n2nnnc2n1. The summed E-state index contributed by atoms with van der Waals surface area (Å²) in [6, 6.07) is 9.21. The van der Waals surface area contributed by atoms with Gasteiger partial charge in [-0.05, 0) is 35.5 Å². The molecule has 0 saturated carbocycles. The van der Waals surface area contributed by atoms with Gasteiger partial charge in [0.25, 0.3) is 5.78 Å². The van der Waals surface area contributed by atoms with Crippen LogP contribution >= 0.6 is 15.9 Å². The highest BCUT2D eigenvalue weighted by Crippen LogP contribution is 2.22. The largest absolute Gasteiger partial charge is 0.461 e. The molecule has 0 bridgehead atoms. The van der Waals surface area contributed by atoms with Crippen LogP contribution in [0.25, 0.3) is 17.0 Å². The number of aromatic nitrogens is 5. The maximum absolute atomic E-state index is 11.9. The molecular weight excluding hydrogens is 338 g/mol. The zero-order valence-electron chi connectivity index (χ0n) is 11.0. The van der Waals surface area contributed by atoms with Crippen molar-refractivity contribution in [3.8, 4) is 11.3 Å². The first kappa shape index (κ1) is 13.6. The minimum atomic E-state index is -0.499. The summed E-state index contributed by atoms with van der Waals surface area (Å²) in [4.78, 5) is 16.0. The van der Waals surface area contributed by atoms with Gasteiger partial charge in [-0.3, -0.25) is 0 Å². The second-order valence-electron chi connectivity index (χ2n) is 4.14. The number of benzene rings is 1. The Labute approximate surface area is 128 Å². The first-order chi connectivity index (χ1) is 10.2. The lowest BCUT2D eigenvalue weighted by Gasteiger charge is -2.06. The fourth-order valence-electron chi connectivity index (χ4n) is 1.87. The van der Waals surface area contributed by atoms with Crippen LogP contribution in [0.4, 0.5) is 0 Å². The standard InChI is InChI=1S/C13H10BrN5O2/c1-2-21-12(20)10-7-11(8-3-5-9(14)6-4-8)19-13(15-10)16-17-18-19/h3-7H,2H2,1H3. The van der Waals surface area contributed by atoms with E-state index in [1.165, 1.54) is 4.52 Å². The molecule has 8 heteroatoms. The van der Waals surface area contributed by atoms with Crippen LogP contribution in [0.2, 0.25) is 0 Å². The Morgan fingerprint density at radius 1 is 1.33 bits per heavy atom. The Morgan fingerprint density at radius 3 is 2.81 bits per heavy atom.